The molecule has 0 aromatic rings. The van der Waals surface area contributed by atoms with Crippen LogP contribution in [0.4, 0.5) is 0 Å². The van der Waals surface area contributed by atoms with Gasteiger partial charge in [0.15, 0.2) is 6.23 Å². The number of nitrogens with zero attached hydrogens (tertiary/aromatic N) is 2. The number of rotatable bonds is 2. The van der Waals surface area contributed by atoms with Gasteiger partial charge in [0.05, 0.1) is 11.3 Å². The zero-order chi connectivity index (χ0) is 13.9. The van der Waals surface area contributed by atoms with E-state index in [9.17, 15) is 9.59 Å². The van der Waals surface area contributed by atoms with E-state index in [1.807, 2.05) is 5.01 Å². The van der Waals surface area contributed by atoms with Gasteiger partial charge in [0, 0.05) is 18.4 Å². The zero-order valence-electron chi connectivity index (χ0n) is 10.3. The fourth-order valence-corrected chi connectivity index (χ4v) is 3.78. The first-order chi connectivity index (χ1) is 9.66. The lowest BCUT2D eigenvalue weighted by Crippen LogP contribution is -2.51. The lowest BCUT2D eigenvalue weighted by Gasteiger charge is -2.37. The Kier molecular flexibility index (Phi) is 2.39. The minimum atomic E-state index is -1.07. The van der Waals surface area contributed by atoms with Gasteiger partial charge in [-0.2, -0.15) is 0 Å². The maximum absolute atomic E-state index is 12.1. The van der Waals surface area contributed by atoms with Crippen molar-refractivity contribution in [2.24, 2.45) is 0 Å². The van der Waals surface area contributed by atoms with Gasteiger partial charge in [0.25, 0.3) is 5.91 Å². The Morgan fingerprint density at radius 2 is 2.45 bits per heavy atom. The van der Waals surface area contributed by atoms with Crippen molar-refractivity contribution in [3.8, 4) is 0 Å². The van der Waals surface area contributed by atoms with E-state index in [1.165, 1.54) is 22.1 Å². The van der Waals surface area contributed by atoms with E-state index in [1.54, 1.807) is 12.3 Å². The molecule has 1 amide bonds. The quantitative estimate of drug-likeness (QED) is 0.554. The molecule has 0 aromatic carbocycles. The number of nitrogens with one attached hydrogen (secondary N) is 1. The Morgan fingerprint density at radius 1 is 1.60 bits per heavy atom. The SMILES string of the molecule is O=C(O)C1=CS[C@@H]2C(=CC3=COC4CCNN34)C(=O)N12. The van der Waals surface area contributed by atoms with Gasteiger partial charge in [0.1, 0.15) is 17.3 Å². The van der Waals surface area contributed by atoms with E-state index in [4.69, 9.17) is 9.84 Å². The minimum absolute atomic E-state index is 0.00271. The lowest BCUT2D eigenvalue weighted by atomic mass is 10.0. The fraction of sp³-hybridized carbons (Fsp3) is 0.333. The van der Waals surface area contributed by atoms with Gasteiger partial charge >= 0.3 is 5.97 Å². The first-order valence-electron chi connectivity index (χ1n) is 6.19. The average molecular weight is 293 g/mol. The highest BCUT2D eigenvalue weighted by Crippen LogP contribution is 2.45. The molecule has 0 aliphatic carbocycles. The number of hydrogen-bond donors (Lipinski definition) is 2. The molecule has 2 fully saturated rings. The summed E-state index contributed by atoms with van der Waals surface area (Å²) in [6.45, 7) is 0.841. The summed E-state index contributed by atoms with van der Waals surface area (Å²) >= 11 is 1.34. The van der Waals surface area contributed by atoms with Crippen LogP contribution in [0.5, 0.6) is 0 Å². The van der Waals surface area contributed by atoms with Crippen LogP contribution in [0, 0.1) is 0 Å². The van der Waals surface area contributed by atoms with Crippen LogP contribution in [0.3, 0.4) is 0 Å². The van der Waals surface area contributed by atoms with Crippen molar-refractivity contribution in [2.75, 3.05) is 6.54 Å². The molecule has 2 saturated heterocycles. The molecular formula is C12H11N3O4S. The zero-order valence-corrected chi connectivity index (χ0v) is 11.1. The summed E-state index contributed by atoms with van der Waals surface area (Å²) < 4.78 is 5.48. The second-order valence-corrected chi connectivity index (χ2v) is 5.73. The number of hydrazine groups is 1. The standard InChI is InChI=1S/C12H11N3O4S/c16-10-7(11-14(10)8(5-20-11)12(17)18)3-6-4-19-9-1-2-13-15(6)9/h3-5,9,11,13H,1-2H2,(H,17,18)/t9?,11-/m1/s1. The number of β-lactam (4-membered cyclic amide) rings is 1. The summed E-state index contributed by atoms with van der Waals surface area (Å²) in [5.41, 5.74) is 4.64. The van der Waals surface area contributed by atoms with Crippen LogP contribution in [0.1, 0.15) is 6.42 Å². The molecule has 0 saturated carbocycles. The monoisotopic (exact) mass is 293 g/mol. The highest BCUT2D eigenvalue weighted by atomic mass is 32.2. The van der Waals surface area contributed by atoms with Crippen LogP contribution in [0.15, 0.2) is 34.7 Å². The fourth-order valence-electron chi connectivity index (χ4n) is 2.66. The Morgan fingerprint density at radius 3 is 3.25 bits per heavy atom. The number of thioether (sulfide) groups is 1. The van der Waals surface area contributed by atoms with Crippen molar-refractivity contribution in [3.63, 3.8) is 0 Å². The summed E-state index contributed by atoms with van der Waals surface area (Å²) in [4.78, 5) is 24.4. The molecule has 4 rings (SSSR count). The van der Waals surface area contributed by atoms with E-state index < -0.39 is 5.97 Å². The number of amides is 1. The molecule has 0 bridgehead atoms. The Labute approximate surface area is 118 Å². The number of allylic oxidation sites excluding steroid dienone is 1. The summed E-state index contributed by atoms with van der Waals surface area (Å²) in [5, 5.41) is 12.2. The number of hydrogen-bond acceptors (Lipinski definition) is 6. The number of carbonyl (C=O) groups excluding carboxylic acids is 1. The maximum Gasteiger partial charge on any atom is 0.353 e. The second-order valence-electron chi connectivity index (χ2n) is 4.77. The molecule has 1 unspecified atom stereocenters. The average Bonchev–Trinajstić information content (AvgIpc) is 3.09. The van der Waals surface area contributed by atoms with E-state index in [0.29, 0.717) is 5.57 Å². The smallest absolute Gasteiger partial charge is 0.353 e. The van der Waals surface area contributed by atoms with Gasteiger partial charge < -0.3 is 9.84 Å². The number of fused-ring (bicyclic) bond motifs is 2. The molecule has 104 valence electrons. The van der Waals surface area contributed by atoms with E-state index in [0.717, 1.165) is 18.7 Å². The van der Waals surface area contributed by atoms with Crippen molar-refractivity contribution in [2.45, 2.75) is 18.0 Å². The van der Waals surface area contributed by atoms with Gasteiger partial charge in [-0.1, -0.05) is 0 Å². The van der Waals surface area contributed by atoms with Crippen molar-refractivity contribution < 1.29 is 19.4 Å². The highest BCUT2D eigenvalue weighted by molar-refractivity contribution is 8.03. The largest absolute Gasteiger partial charge is 0.477 e. The number of carboxylic acids is 1. The molecule has 4 aliphatic rings. The second kappa shape index (κ2) is 4.03. The van der Waals surface area contributed by atoms with Crippen LogP contribution in [-0.4, -0.2) is 45.0 Å². The summed E-state index contributed by atoms with van der Waals surface area (Å²) in [6.07, 6.45) is 4.29. The molecule has 0 radical (unpaired) electrons. The third-order valence-corrected chi connectivity index (χ3v) is 4.72. The molecule has 8 heteroatoms. The number of carboxylic acid groups (broad SMARTS) is 1. The predicted octanol–water partition coefficient (Wildman–Crippen LogP) is 0.162. The third kappa shape index (κ3) is 1.46. The van der Waals surface area contributed by atoms with Gasteiger partial charge in [-0.3, -0.25) is 14.7 Å². The van der Waals surface area contributed by atoms with Crippen LogP contribution in [0.25, 0.3) is 0 Å². The van der Waals surface area contributed by atoms with Crippen molar-refractivity contribution >= 4 is 23.6 Å². The van der Waals surface area contributed by atoms with Crippen LogP contribution >= 0.6 is 11.8 Å². The molecule has 4 aliphatic heterocycles. The van der Waals surface area contributed by atoms with E-state index >= 15 is 0 Å². The van der Waals surface area contributed by atoms with Crippen molar-refractivity contribution in [3.05, 3.63) is 34.7 Å². The molecular weight excluding hydrogens is 282 g/mol. The first kappa shape index (κ1) is 11.9. The van der Waals surface area contributed by atoms with Gasteiger partial charge in [-0.15, -0.1) is 11.8 Å². The van der Waals surface area contributed by atoms with Gasteiger partial charge in [-0.25, -0.2) is 10.2 Å². The molecule has 7 nitrogen and oxygen atoms in total. The Bertz CT molecular complexity index is 612. The molecule has 4 heterocycles. The normalized spacial score (nSPS) is 32.6. The summed E-state index contributed by atoms with van der Waals surface area (Å²) in [6, 6.07) is 0. The molecule has 2 N–H and O–H groups in total. The van der Waals surface area contributed by atoms with E-state index in [2.05, 4.69) is 5.43 Å². The molecule has 2 atom stereocenters. The van der Waals surface area contributed by atoms with Crippen molar-refractivity contribution in [1.82, 2.24) is 15.3 Å². The number of carbonyl (C=O) groups is 2. The number of ether oxygens (including phenoxy) is 1. The Hall–Kier alpha value is -1.93. The van der Waals surface area contributed by atoms with E-state index in [-0.39, 0.29) is 23.2 Å². The van der Waals surface area contributed by atoms with Crippen LogP contribution in [0.2, 0.25) is 0 Å². The Balaban J connectivity index is 1.56. The third-order valence-electron chi connectivity index (χ3n) is 3.64. The topological polar surface area (TPSA) is 82.1 Å². The molecule has 0 aromatic heterocycles. The summed E-state index contributed by atoms with van der Waals surface area (Å²) in [5.74, 6) is -1.32. The highest BCUT2D eigenvalue weighted by Gasteiger charge is 2.50. The molecule has 20 heavy (non-hydrogen) atoms. The first-order valence-corrected chi connectivity index (χ1v) is 7.13. The lowest BCUT2D eigenvalue weighted by molar-refractivity contribution is -0.141. The predicted molar refractivity (Wildman–Crippen MR) is 69.4 cm³/mol. The maximum atomic E-state index is 12.1. The van der Waals surface area contributed by atoms with Crippen molar-refractivity contribution in [1.29, 1.82) is 0 Å². The minimum Gasteiger partial charge on any atom is -0.477 e. The summed E-state index contributed by atoms with van der Waals surface area (Å²) in [7, 11) is 0. The van der Waals surface area contributed by atoms with Gasteiger partial charge in [-0.05, 0) is 6.08 Å². The molecule has 0 spiro atoms. The van der Waals surface area contributed by atoms with Gasteiger partial charge in [0.2, 0.25) is 0 Å². The van der Waals surface area contributed by atoms with Crippen LogP contribution in [-0.2, 0) is 14.3 Å². The number of aliphatic carboxylic acids is 1. The van der Waals surface area contributed by atoms with Crippen LogP contribution < -0.4 is 5.43 Å².